The van der Waals surface area contributed by atoms with Crippen molar-refractivity contribution >= 4 is 17.1 Å². The Morgan fingerprint density at radius 1 is 0.529 bits per heavy atom. The van der Waals surface area contributed by atoms with Gasteiger partial charge in [0.05, 0.1) is 24.2 Å². The van der Waals surface area contributed by atoms with Crippen LogP contribution >= 0.6 is 0 Å². The molecule has 4 aromatic heterocycles. The number of methoxy groups -OCH3 is 1. The van der Waals surface area contributed by atoms with Crippen LogP contribution in [0.15, 0.2) is 109 Å². The van der Waals surface area contributed by atoms with E-state index >= 15 is 0 Å². The fraction of sp³-hybridized carbons (Fsp3) is 0.0952. The summed E-state index contributed by atoms with van der Waals surface area (Å²) in [6, 6.07) is 28.4. The number of hydrogen-bond acceptors (Lipinski definition) is 8. The van der Waals surface area contributed by atoms with Crippen LogP contribution < -0.4 is 21.9 Å². The van der Waals surface area contributed by atoms with Gasteiger partial charge in [0, 0.05) is 46.2 Å². The summed E-state index contributed by atoms with van der Waals surface area (Å²) in [4.78, 5) is 16.8. The number of benzene rings is 2. The van der Waals surface area contributed by atoms with Crippen molar-refractivity contribution in [2.45, 2.75) is 20.8 Å². The Kier molecular flexibility index (Phi) is 13.2. The van der Waals surface area contributed by atoms with E-state index in [9.17, 15) is 4.39 Å². The molecule has 0 atom stereocenters. The van der Waals surface area contributed by atoms with Crippen molar-refractivity contribution in [2.75, 3.05) is 24.3 Å². The lowest BCUT2D eigenvalue weighted by molar-refractivity contribution is 0.414. The number of aryl methyl sites for hydroxylation is 3. The number of nitrogens with two attached hydrogens (primary N) is 3. The van der Waals surface area contributed by atoms with E-state index in [-0.39, 0.29) is 5.82 Å². The second kappa shape index (κ2) is 18.4. The molecule has 51 heavy (non-hydrogen) atoms. The predicted octanol–water partition coefficient (Wildman–Crippen LogP) is 6.66. The Bertz CT molecular complexity index is 2310. The quantitative estimate of drug-likeness (QED) is 0.165. The van der Waals surface area contributed by atoms with Crippen molar-refractivity contribution < 1.29 is 9.13 Å². The van der Waals surface area contributed by atoms with Gasteiger partial charge in [-0.3, -0.25) is 4.98 Å². The van der Waals surface area contributed by atoms with E-state index in [4.69, 9.17) is 21.9 Å². The molecule has 252 valence electrons. The zero-order valence-corrected chi connectivity index (χ0v) is 28.7. The van der Waals surface area contributed by atoms with E-state index in [0.717, 1.165) is 34.0 Å². The first-order valence-corrected chi connectivity index (χ1v) is 15.6. The van der Waals surface area contributed by atoms with Crippen molar-refractivity contribution in [3.8, 4) is 41.3 Å². The van der Waals surface area contributed by atoms with E-state index in [1.54, 1.807) is 37.7 Å². The van der Waals surface area contributed by atoms with Crippen LogP contribution in [0.1, 0.15) is 50.9 Å². The third-order valence-corrected chi connectivity index (χ3v) is 6.73. The number of nitrogens with zero attached hydrogens (tertiary/aromatic N) is 4. The molecule has 0 unspecified atom stereocenters. The maximum atomic E-state index is 12.9. The summed E-state index contributed by atoms with van der Waals surface area (Å²) >= 11 is 0. The van der Waals surface area contributed by atoms with Gasteiger partial charge < -0.3 is 21.9 Å². The van der Waals surface area contributed by atoms with Gasteiger partial charge in [0.1, 0.15) is 28.6 Å². The number of rotatable bonds is 1. The van der Waals surface area contributed by atoms with Gasteiger partial charge in [-0.1, -0.05) is 29.9 Å². The predicted molar refractivity (Wildman–Crippen MR) is 202 cm³/mol. The largest absolute Gasteiger partial charge is 0.497 e. The van der Waals surface area contributed by atoms with E-state index in [0.29, 0.717) is 39.7 Å². The first kappa shape index (κ1) is 36.7. The molecular formula is C42H36FN7O. The van der Waals surface area contributed by atoms with Crippen LogP contribution in [0.25, 0.3) is 0 Å². The average molecular weight is 674 g/mol. The Balaban J connectivity index is 0.000000172. The van der Waals surface area contributed by atoms with Crippen molar-refractivity contribution in [1.82, 2.24) is 19.9 Å². The Morgan fingerprint density at radius 2 is 0.980 bits per heavy atom. The number of nitrogen functional groups attached to an aromatic ring is 3. The SMILES string of the molecule is COc1cccc(C#Cc2nc(C)ccc2N)c1.Cc1ccc(N)c(C#Cc2cccc(F)c2)n1.Cc1ccc(N)c(C#Cc2cccnc2)n1. The van der Waals surface area contributed by atoms with Crippen molar-refractivity contribution in [3.05, 3.63) is 166 Å². The van der Waals surface area contributed by atoms with Gasteiger partial charge in [0.25, 0.3) is 0 Å². The van der Waals surface area contributed by atoms with E-state index in [2.05, 4.69) is 55.5 Å². The molecule has 0 spiro atoms. The average Bonchev–Trinajstić information content (AvgIpc) is 3.14. The molecule has 0 saturated carbocycles. The van der Waals surface area contributed by atoms with Crippen LogP contribution in [-0.2, 0) is 0 Å². The van der Waals surface area contributed by atoms with Crippen LogP contribution in [0.5, 0.6) is 5.75 Å². The molecule has 0 aliphatic heterocycles. The molecule has 6 aromatic rings. The maximum absolute atomic E-state index is 12.9. The Morgan fingerprint density at radius 3 is 1.43 bits per heavy atom. The number of pyridine rings is 4. The molecule has 6 rings (SSSR count). The highest BCUT2D eigenvalue weighted by Crippen LogP contribution is 2.13. The van der Waals surface area contributed by atoms with Gasteiger partial charge in [0.15, 0.2) is 0 Å². The second-order valence-corrected chi connectivity index (χ2v) is 10.9. The summed E-state index contributed by atoms with van der Waals surface area (Å²) in [6.45, 7) is 5.69. The lowest BCUT2D eigenvalue weighted by Crippen LogP contribution is -1.95. The molecule has 8 nitrogen and oxygen atoms in total. The lowest BCUT2D eigenvalue weighted by atomic mass is 10.2. The zero-order chi connectivity index (χ0) is 36.6. The fourth-order valence-electron chi connectivity index (χ4n) is 4.10. The molecule has 0 saturated heterocycles. The number of hydrogen-bond donors (Lipinski definition) is 3. The van der Waals surface area contributed by atoms with Gasteiger partial charge in [-0.15, -0.1) is 0 Å². The summed E-state index contributed by atoms with van der Waals surface area (Å²) in [5.74, 6) is 18.1. The van der Waals surface area contributed by atoms with Gasteiger partial charge in [-0.2, -0.15) is 0 Å². The molecule has 0 aliphatic carbocycles. The van der Waals surface area contributed by atoms with Crippen molar-refractivity contribution in [3.63, 3.8) is 0 Å². The standard InChI is InChI=1S/C15H14N2O.C14H11FN2.C13H11N3/c1-11-6-8-14(16)15(17-11)9-7-12-4-3-5-13(10-12)18-2;1-10-5-7-13(16)14(17-10)8-6-11-3-2-4-12(15)9-11;1-10-4-6-12(14)13(16-10)7-5-11-3-2-8-15-9-11/h3-6,8,10H,16H2,1-2H3;2-5,7,9H,16H2,1H3;2-4,6,8-9H,14H2,1H3. The molecular weight excluding hydrogens is 638 g/mol. The molecule has 0 fully saturated rings. The van der Waals surface area contributed by atoms with Crippen LogP contribution in [0, 0.1) is 62.1 Å². The van der Waals surface area contributed by atoms with Gasteiger partial charge >= 0.3 is 0 Å². The van der Waals surface area contributed by atoms with Crippen LogP contribution in [-0.4, -0.2) is 27.0 Å². The molecule has 2 aromatic carbocycles. The molecule has 0 amide bonds. The highest BCUT2D eigenvalue weighted by Gasteiger charge is 1.99. The Labute approximate surface area is 298 Å². The maximum Gasteiger partial charge on any atom is 0.136 e. The van der Waals surface area contributed by atoms with Crippen LogP contribution in [0.3, 0.4) is 0 Å². The number of aromatic nitrogens is 4. The van der Waals surface area contributed by atoms with Crippen molar-refractivity contribution in [1.29, 1.82) is 0 Å². The van der Waals surface area contributed by atoms with Gasteiger partial charge in [-0.05, 0) is 123 Å². The topological polar surface area (TPSA) is 139 Å². The normalized spacial score (nSPS) is 9.43. The fourth-order valence-corrected chi connectivity index (χ4v) is 4.10. The first-order valence-electron chi connectivity index (χ1n) is 15.6. The zero-order valence-electron chi connectivity index (χ0n) is 28.7. The van der Waals surface area contributed by atoms with E-state index in [1.165, 1.54) is 12.1 Å². The highest BCUT2D eigenvalue weighted by molar-refractivity contribution is 5.56. The molecule has 0 radical (unpaired) electrons. The minimum atomic E-state index is -0.304. The minimum Gasteiger partial charge on any atom is -0.497 e. The summed E-state index contributed by atoms with van der Waals surface area (Å²) in [7, 11) is 1.63. The first-order chi connectivity index (χ1) is 24.6. The number of halogens is 1. The molecule has 9 heteroatoms. The number of ether oxygens (including phenoxy) is 1. The summed E-state index contributed by atoms with van der Waals surface area (Å²) in [5, 5.41) is 0. The third-order valence-electron chi connectivity index (χ3n) is 6.73. The van der Waals surface area contributed by atoms with Crippen molar-refractivity contribution in [2.24, 2.45) is 0 Å². The Hall–Kier alpha value is -7.15. The highest BCUT2D eigenvalue weighted by atomic mass is 19.1. The van der Waals surface area contributed by atoms with Crippen LogP contribution in [0.4, 0.5) is 21.5 Å². The van der Waals surface area contributed by atoms with E-state index in [1.807, 2.05) is 87.5 Å². The van der Waals surface area contributed by atoms with Gasteiger partial charge in [-0.25, -0.2) is 19.3 Å². The van der Waals surface area contributed by atoms with Gasteiger partial charge in [0.2, 0.25) is 0 Å². The molecule has 4 heterocycles. The second-order valence-electron chi connectivity index (χ2n) is 10.9. The minimum absolute atomic E-state index is 0.304. The monoisotopic (exact) mass is 673 g/mol. The molecule has 0 bridgehead atoms. The third kappa shape index (κ3) is 12.1. The summed E-state index contributed by atoms with van der Waals surface area (Å²) in [5.41, 5.74) is 25.8. The number of anilines is 3. The summed E-state index contributed by atoms with van der Waals surface area (Å²) < 4.78 is 18.1. The molecule has 6 N–H and O–H groups in total. The van der Waals surface area contributed by atoms with Crippen LogP contribution in [0.2, 0.25) is 0 Å². The lowest BCUT2D eigenvalue weighted by Gasteiger charge is -1.99. The smallest absolute Gasteiger partial charge is 0.136 e. The van der Waals surface area contributed by atoms with E-state index < -0.39 is 0 Å². The molecule has 0 aliphatic rings. The summed E-state index contributed by atoms with van der Waals surface area (Å²) in [6.07, 6.45) is 3.42.